The molecule has 1 aromatic heterocycles. The molecule has 169 valence electrons. The molecule has 1 fully saturated rings. The van der Waals surface area contributed by atoms with E-state index in [0.717, 1.165) is 31.6 Å². The molecule has 1 aliphatic heterocycles. The van der Waals surface area contributed by atoms with Crippen molar-refractivity contribution in [3.63, 3.8) is 0 Å². The van der Waals surface area contributed by atoms with E-state index in [1.807, 2.05) is 6.07 Å². The molecule has 0 N–H and O–H groups in total. The summed E-state index contributed by atoms with van der Waals surface area (Å²) in [4.78, 5) is 15.9. The third-order valence-corrected chi connectivity index (χ3v) is 10.7. The van der Waals surface area contributed by atoms with Crippen LogP contribution in [0.15, 0.2) is 35.7 Å². The Morgan fingerprint density at radius 3 is 2.35 bits per heavy atom. The second-order valence-corrected chi connectivity index (χ2v) is 14.2. The normalized spacial score (nSPS) is 15.2. The number of benzene rings is 1. The first-order valence-corrected chi connectivity index (χ1v) is 13.6. The quantitative estimate of drug-likeness (QED) is 0.441. The summed E-state index contributed by atoms with van der Waals surface area (Å²) in [7, 11) is -0.393. The summed E-state index contributed by atoms with van der Waals surface area (Å²) in [6.45, 7) is 12.7. The minimum Gasteiger partial charge on any atom is -0.561 e. The van der Waals surface area contributed by atoms with Crippen LogP contribution in [0.25, 0.3) is 11.1 Å². The Balaban J connectivity index is 1.72. The fourth-order valence-electron chi connectivity index (χ4n) is 3.20. The average molecular weight is 445 g/mol. The van der Waals surface area contributed by atoms with E-state index in [1.54, 1.807) is 31.6 Å². The van der Waals surface area contributed by atoms with Crippen molar-refractivity contribution in [2.24, 2.45) is 5.16 Å². The van der Waals surface area contributed by atoms with Crippen molar-refractivity contribution in [2.75, 3.05) is 25.1 Å². The monoisotopic (exact) mass is 444 g/mol. The van der Waals surface area contributed by atoms with Gasteiger partial charge < -0.3 is 14.2 Å². The smallest absolute Gasteiger partial charge is 0.225 e. The van der Waals surface area contributed by atoms with Crippen molar-refractivity contribution < 1.29 is 13.7 Å². The summed E-state index contributed by atoms with van der Waals surface area (Å²) in [6.07, 6.45) is 5.03. The van der Waals surface area contributed by atoms with Gasteiger partial charge in [-0.05, 0) is 8.32 Å². The van der Waals surface area contributed by atoms with Gasteiger partial charge in [0.15, 0.2) is 0 Å². The van der Waals surface area contributed by atoms with Gasteiger partial charge in [-0.25, -0.2) is 14.4 Å². The van der Waals surface area contributed by atoms with Crippen LogP contribution in [0.5, 0.6) is 0 Å². The van der Waals surface area contributed by atoms with Crippen LogP contribution in [0.1, 0.15) is 39.2 Å². The largest absolute Gasteiger partial charge is 0.561 e. The molecule has 1 aromatic carbocycles. The van der Waals surface area contributed by atoms with Crippen LogP contribution < -0.4 is 4.90 Å². The predicted octanol–water partition coefficient (Wildman–Crippen LogP) is 5.41. The van der Waals surface area contributed by atoms with Crippen LogP contribution >= 0.6 is 0 Å². The Kier molecular flexibility index (Phi) is 7.11. The lowest BCUT2D eigenvalue weighted by Gasteiger charge is -2.48. The molecule has 0 bridgehead atoms. The first-order chi connectivity index (χ1) is 14.6. The second kappa shape index (κ2) is 9.44. The van der Waals surface area contributed by atoms with Crippen molar-refractivity contribution in [1.29, 1.82) is 0 Å². The van der Waals surface area contributed by atoms with Crippen LogP contribution in [0, 0.1) is 5.82 Å². The highest BCUT2D eigenvalue weighted by atomic mass is 28.4. The molecule has 0 unspecified atom stereocenters. The number of nitrogens with zero attached hydrogens (tertiary/aromatic N) is 4. The Morgan fingerprint density at radius 1 is 1.13 bits per heavy atom. The molecule has 1 saturated heterocycles. The van der Waals surface area contributed by atoms with E-state index in [9.17, 15) is 0 Å². The Hall–Kier alpha value is -2.32. The van der Waals surface area contributed by atoms with Gasteiger partial charge in [-0.3, -0.25) is 0 Å². The number of aromatic nitrogens is 2. The maximum atomic E-state index is 15.2. The number of oxime groups is 1. The number of hydrogen-bond donors (Lipinski definition) is 0. The summed E-state index contributed by atoms with van der Waals surface area (Å²) < 4.78 is 21.5. The van der Waals surface area contributed by atoms with E-state index in [1.165, 1.54) is 0 Å². The van der Waals surface area contributed by atoms with E-state index in [4.69, 9.17) is 9.26 Å². The predicted molar refractivity (Wildman–Crippen MR) is 125 cm³/mol. The lowest BCUT2D eigenvalue weighted by Crippen LogP contribution is -2.40. The van der Waals surface area contributed by atoms with E-state index in [0.29, 0.717) is 22.6 Å². The molecule has 0 spiro atoms. The van der Waals surface area contributed by atoms with Crippen LogP contribution in [0.3, 0.4) is 0 Å². The molecule has 0 aliphatic carbocycles. The topological polar surface area (TPSA) is 59.8 Å². The molecular weight excluding hydrogens is 411 g/mol. The minimum atomic E-state index is -1.96. The molecule has 3 rings (SSSR count). The van der Waals surface area contributed by atoms with Gasteiger partial charge in [-0.1, -0.05) is 44.1 Å². The first kappa shape index (κ1) is 23.3. The number of anilines is 1. The Bertz CT molecular complexity index is 916. The SMILES string of the molecule is CON=C1CCN(c2ncc(-c3cccc(CO[Si-](C)(C)C(C)(C)C)c3F)cn2)CC1. The van der Waals surface area contributed by atoms with Gasteiger partial charge >= 0.3 is 0 Å². The van der Waals surface area contributed by atoms with Gasteiger partial charge in [0.05, 0.1) is 5.71 Å². The average Bonchev–Trinajstić information content (AvgIpc) is 2.73. The van der Waals surface area contributed by atoms with Crippen LogP contribution in [-0.2, 0) is 15.9 Å². The fraction of sp³-hybridized carbons (Fsp3) is 0.522. The summed E-state index contributed by atoms with van der Waals surface area (Å²) in [5.41, 5.74) is 2.77. The number of rotatable bonds is 6. The van der Waals surface area contributed by atoms with Crippen molar-refractivity contribution in [2.45, 2.75) is 58.4 Å². The molecule has 1 aliphatic rings. The highest BCUT2D eigenvalue weighted by molar-refractivity contribution is 6.74. The summed E-state index contributed by atoms with van der Waals surface area (Å²) in [5, 5.41) is 4.11. The number of halogens is 1. The van der Waals surface area contributed by atoms with Gasteiger partial charge in [-0.15, -0.1) is 18.1 Å². The summed E-state index contributed by atoms with van der Waals surface area (Å²) in [6, 6.07) is 5.41. The lowest BCUT2D eigenvalue weighted by atomic mass is 10.1. The molecule has 31 heavy (non-hydrogen) atoms. The molecular formula is C23H33FN4O2Si-. The van der Waals surface area contributed by atoms with E-state index in [2.05, 4.69) is 53.9 Å². The number of hydrogen-bond acceptors (Lipinski definition) is 6. The maximum Gasteiger partial charge on any atom is 0.225 e. The molecule has 6 nitrogen and oxygen atoms in total. The van der Waals surface area contributed by atoms with Gasteiger partial charge in [-0.2, -0.15) is 0 Å². The zero-order valence-electron chi connectivity index (χ0n) is 19.4. The molecule has 2 aromatic rings. The van der Waals surface area contributed by atoms with Gasteiger partial charge in [0, 0.05) is 61.6 Å². The van der Waals surface area contributed by atoms with Crippen molar-refractivity contribution in [3.8, 4) is 11.1 Å². The van der Waals surface area contributed by atoms with E-state index in [-0.39, 0.29) is 17.5 Å². The Morgan fingerprint density at radius 2 is 1.77 bits per heavy atom. The highest BCUT2D eigenvalue weighted by Crippen LogP contribution is 2.37. The van der Waals surface area contributed by atoms with Gasteiger partial charge in [0.1, 0.15) is 12.9 Å². The van der Waals surface area contributed by atoms with Crippen molar-refractivity contribution in [3.05, 3.63) is 42.0 Å². The fourth-order valence-corrected chi connectivity index (χ4v) is 4.15. The molecule has 0 atom stereocenters. The molecule has 0 saturated carbocycles. The molecule has 0 radical (unpaired) electrons. The molecule has 2 heterocycles. The zero-order valence-corrected chi connectivity index (χ0v) is 20.4. The van der Waals surface area contributed by atoms with Gasteiger partial charge in [0.2, 0.25) is 5.95 Å². The second-order valence-electron chi connectivity index (χ2n) is 9.43. The van der Waals surface area contributed by atoms with Crippen LogP contribution in [0.2, 0.25) is 18.1 Å². The van der Waals surface area contributed by atoms with Crippen LogP contribution in [0.4, 0.5) is 10.3 Å². The molecule has 8 heteroatoms. The van der Waals surface area contributed by atoms with Crippen LogP contribution in [-0.4, -0.2) is 44.2 Å². The zero-order chi connectivity index (χ0) is 22.6. The standard InChI is InChI=1S/C23H33FN4O2Si/c1-23(2,3)31(5,6)30-16-17-8-7-9-20(21(17)24)18-14-25-22(26-15-18)28-12-10-19(11-13-28)27-29-4/h7-9,14-15H,10-13,16H2,1-6H3/q-1. The minimum absolute atomic E-state index is 0.0788. The van der Waals surface area contributed by atoms with E-state index < -0.39 is 8.32 Å². The van der Waals surface area contributed by atoms with Crippen molar-refractivity contribution in [1.82, 2.24) is 9.97 Å². The maximum absolute atomic E-state index is 15.2. The Labute approximate surface area is 185 Å². The van der Waals surface area contributed by atoms with Gasteiger partial charge in [0.25, 0.3) is 0 Å². The third-order valence-electron chi connectivity index (χ3n) is 6.27. The first-order valence-electron chi connectivity index (χ1n) is 10.7. The molecule has 0 amide bonds. The summed E-state index contributed by atoms with van der Waals surface area (Å²) in [5.74, 6) is 0.383. The summed E-state index contributed by atoms with van der Waals surface area (Å²) >= 11 is 0. The lowest BCUT2D eigenvalue weighted by molar-refractivity contribution is 0.211. The highest BCUT2D eigenvalue weighted by Gasteiger charge is 2.25. The number of piperidine rings is 1. The van der Waals surface area contributed by atoms with Crippen molar-refractivity contribution >= 4 is 20.0 Å². The third kappa shape index (κ3) is 5.49. The van der Waals surface area contributed by atoms with E-state index >= 15 is 4.39 Å².